The number of alkyl halides is 3. The number of aryl methyl sites for hydroxylation is 1. The Balaban J connectivity index is 1.64. The first kappa shape index (κ1) is 29.2. The van der Waals surface area contributed by atoms with Crippen LogP contribution in [0.2, 0.25) is 10.0 Å². The summed E-state index contributed by atoms with van der Waals surface area (Å²) in [5.41, 5.74) is 0.754. The minimum atomic E-state index is -4.99. The second kappa shape index (κ2) is 11.3. The molecule has 0 spiro atoms. The summed E-state index contributed by atoms with van der Waals surface area (Å²) in [5.74, 6) is -3.16. The summed E-state index contributed by atoms with van der Waals surface area (Å²) in [7, 11) is 0. The number of nitrogens with one attached hydrogen (secondary N) is 2. The van der Waals surface area contributed by atoms with Crippen LogP contribution in [0.5, 0.6) is 5.88 Å². The second-order valence-corrected chi connectivity index (χ2v) is 10.1. The number of benzene rings is 1. The molecular weight excluding hydrogens is 576 g/mol. The van der Waals surface area contributed by atoms with Crippen molar-refractivity contribution in [1.29, 1.82) is 0 Å². The van der Waals surface area contributed by atoms with E-state index in [-0.39, 0.29) is 52.8 Å². The van der Waals surface area contributed by atoms with E-state index in [2.05, 4.69) is 20.7 Å². The molecule has 10 nitrogen and oxygen atoms in total. The van der Waals surface area contributed by atoms with E-state index in [4.69, 9.17) is 27.9 Å². The lowest BCUT2D eigenvalue weighted by Gasteiger charge is -2.38. The van der Waals surface area contributed by atoms with Gasteiger partial charge in [0, 0.05) is 23.3 Å². The zero-order chi connectivity index (χ0) is 29.4. The largest absolute Gasteiger partial charge is 0.471 e. The number of hydrogen-bond donors (Lipinski definition) is 2. The highest BCUT2D eigenvalue weighted by Gasteiger charge is 2.47. The number of ether oxygens (including phenoxy) is 1. The van der Waals surface area contributed by atoms with Crippen LogP contribution in [-0.4, -0.2) is 68.8 Å². The molecule has 2 aromatic heterocycles. The van der Waals surface area contributed by atoms with Crippen LogP contribution in [0.1, 0.15) is 40.3 Å². The molecule has 4 rings (SSSR count). The number of amides is 3. The highest BCUT2D eigenvalue weighted by Crippen LogP contribution is 2.29. The maximum Gasteiger partial charge on any atom is 0.471 e. The lowest BCUT2D eigenvalue weighted by molar-refractivity contribution is -0.193. The monoisotopic (exact) mass is 598 g/mol. The summed E-state index contributed by atoms with van der Waals surface area (Å²) in [6.45, 7) is 4.61. The Bertz CT molecular complexity index is 1470. The van der Waals surface area contributed by atoms with Crippen LogP contribution >= 0.6 is 23.2 Å². The number of carbonyl (C=O) groups is 3. The van der Waals surface area contributed by atoms with Gasteiger partial charge in [-0.05, 0) is 50.6 Å². The molecule has 212 valence electrons. The van der Waals surface area contributed by atoms with Crippen LogP contribution in [0, 0.1) is 6.92 Å². The molecule has 3 aromatic rings. The molecule has 1 fully saturated rings. The van der Waals surface area contributed by atoms with Crippen LogP contribution in [-0.2, 0) is 4.79 Å². The van der Waals surface area contributed by atoms with Gasteiger partial charge in [0.2, 0.25) is 5.88 Å². The van der Waals surface area contributed by atoms with E-state index in [1.165, 1.54) is 24.4 Å². The third-order valence-corrected chi connectivity index (χ3v) is 6.24. The molecule has 0 unspecified atom stereocenters. The molecule has 1 aliphatic heterocycles. The number of carbonyl (C=O) groups excluding carboxylic acids is 3. The van der Waals surface area contributed by atoms with Crippen molar-refractivity contribution in [3.8, 4) is 11.7 Å². The number of halogens is 5. The summed E-state index contributed by atoms with van der Waals surface area (Å²) in [6.07, 6.45) is -4.34. The molecule has 1 saturated heterocycles. The number of hydrogen-bond acceptors (Lipinski definition) is 6. The number of anilines is 1. The summed E-state index contributed by atoms with van der Waals surface area (Å²) < 4.78 is 44.8. The van der Waals surface area contributed by atoms with Gasteiger partial charge < -0.3 is 20.3 Å². The predicted molar refractivity (Wildman–Crippen MR) is 140 cm³/mol. The second-order valence-electron chi connectivity index (χ2n) is 9.26. The van der Waals surface area contributed by atoms with Gasteiger partial charge in [0.1, 0.15) is 11.8 Å². The molecule has 1 aromatic carbocycles. The standard InChI is InChI=1S/C25H23Cl2F3N6O4/c1-12(2)32-22(37)16-8-14(26)7-13(3)20(16)33-23(38)18-9-19(34-36(18)21-17(27)5-4-6-31-21)40-15-10-35(11-15)24(39)25(28,29)30/h4-9,12,15H,10-11H2,1-3H3,(H,32,37)(H,33,38). The van der Waals surface area contributed by atoms with Crippen molar-refractivity contribution in [2.45, 2.75) is 39.1 Å². The van der Waals surface area contributed by atoms with Gasteiger partial charge in [-0.25, -0.2) is 9.67 Å². The molecule has 40 heavy (non-hydrogen) atoms. The zero-order valence-electron chi connectivity index (χ0n) is 21.3. The Morgan fingerprint density at radius 3 is 2.45 bits per heavy atom. The molecule has 0 saturated carbocycles. The van der Waals surface area contributed by atoms with Crippen molar-refractivity contribution >= 4 is 46.6 Å². The third-order valence-electron chi connectivity index (χ3n) is 5.73. The van der Waals surface area contributed by atoms with Crippen molar-refractivity contribution in [1.82, 2.24) is 25.0 Å². The Morgan fingerprint density at radius 2 is 1.82 bits per heavy atom. The average molecular weight is 599 g/mol. The van der Waals surface area contributed by atoms with Crippen molar-refractivity contribution in [2.24, 2.45) is 0 Å². The first-order chi connectivity index (χ1) is 18.7. The molecule has 3 heterocycles. The Kier molecular flexibility index (Phi) is 8.26. The van der Waals surface area contributed by atoms with E-state index in [9.17, 15) is 27.6 Å². The van der Waals surface area contributed by atoms with Gasteiger partial charge in [-0.3, -0.25) is 14.4 Å². The zero-order valence-corrected chi connectivity index (χ0v) is 22.9. The molecular formula is C25H23Cl2F3N6O4. The minimum Gasteiger partial charge on any atom is -0.469 e. The number of aromatic nitrogens is 3. The lowest BCUT2D eigenvalue weighted by atomic mass is 10.1. The number of likely N-dealkylation sites (tertiary alicyclic amines) is 1. The number of rotatable bonds is 7. The SMILES string of the molecule is Cc1cc(Cl)cc(C(=O)NC(C)C)c1NC(=O)c1cc(OC2CN(C(=O)C(F)(F)F)C2)nn1-c1ncccc1Cl. The van der Waals surface area contributed by atoms with Crippen molar-refractivity contribution < 1.29 is 32.3 Å². The van der Waals surface area contributed by atoms with Gasteiger partial charge in [0.25, 0.3) is 11.8 Å². The molecule has 0 atom stereocenters. The highest BCUT2D eigenvalue weighted by molar-refractivity contribution is 6.32. The maximum atomic E-state index is 13.5. The fourth-order valence-corrected chi connectivity index (χ4v) is 4.38. The fraction of sp³-hybridized carbons (Fsp3) is 0.320. The van der Waals surface area contributed by atoms with Crippen molar-refractivity contribution in [2.75, 3.05) is 18.4 Å². The van der Waals surface area contributed by atoms with E-state index >= 15 is 0 Å². The quantitative estimate of drug-likeness (QED) is 0.415. The van der Waals surface area contributed by atoms with Crippen molar-refractivity contribution in [3.05, 3.63) is 63.4 Å². The summed E-state index contributed by atoms with van der Waals surface area (Å²) in [5, 5.41) is 10.2. The van der Waals surface area contributed by atoms with Gasteiger partial charge in [-0.2, -0.15) is 13.2 Å². The molecule has 15 heteroatoms. The van der Waals surface area contributed by atoms with Crippen LogP contribution in [0.25, 0.3) is 5.82 Å². The van der Waals surface area contributed by atoms with Crippen LogP contribution < -0.4 is 15.4 Å². The minimum absolute atomic E-state index is 0.0808. The smallest absolute Gasteiger partial charge is 0.469 e. The first-order valence-electron chi connectivity index (χ1n) is 11.9. The highest BCUT2D eigenvalue weighted by atomic mass is 35.5. The fourth-order valence-electron chi connectivity index (χ4n) is 3.91. The van der Waals surface area contributed by atoms with E-state index in [0.29, 0.717) is 15.5 Å². The summed E-state index contributed by atoms with van der Waals surface area (Å²) in [6, 6.07) is 7.18. The molecule has 0 radical (unpaired) electrons. The normalized spacial score (nSPS) is 13.7. The average Bonchev–Trinajstić information content (AvgIpc) is 3.25. The third kappa shape index (κ3) is 6.31. The van der Waals surface area contributed by atoms with Gasteiger partial charge >= 0.3 is 12.1 Å². The van der Waals surface area contributed by atoms with E-state index in [0.717, 1.165) is 4.68 Å². The van der Waals surface area contributed by atoms with Gasteiger partial charge in [0.05, 0.1) is 29.4 Å². The Hall–Kier alpha value is -3.84. The Labute approximate surface area is 236 Å². The first-order valence-corrected chi connectivity index (χ1v) is 12.7. The van der Waals surface area contributed by atoms with Gasteiger partial charge in [-0.1, -0.05) is 23.2 Å². The van der Waals surface area contributed by atoms with Crippen molar-refractivity contribution in [3.63, 3.8) is 0 Å². The maximum absolute atomic E-state index is 13.5. The molecule has 2 N–H and O–H groups in total. The lowest BCUT2D eigenvalue weighted by Crippen LogP contribution is -2.59. The van der Waals surface area contributed by atoms with Gasteiger partial charge in [0.15, 0.2) is 5.82 Å². The molecule has 1 aliphatic rings. The molecule has 3 amide bonds. The molecule has 0 aliphatic carbocycles. The van der Waals surface area contributed by atoms with E-state index in [1.54, 1.807) is 32.9 Å². The van der Waals surface area contributed by atoms with Crippen LogP contribution in [0.4, 0.5) is 18.9 Å². The summed E-state index contributed by atoms with van der Waals surface area (Å²) in [4.78, 5) is 42.5. The topological polar surface area (TPSA) is 118 Å². The summed E-state index contributed by atoms with van der Waals surface area (Å²) >= 11 is 12.5. The molecule has 0 bridgehead atoms. The van der Waals surface area contributed by atoms with E-state index < -0.39 is 30.0 Å². The van der Waals surface area contributed by atoms with E-state index in [1.807, 2.05) is 0 Å². The van der Waals surface area contributed by atoms with Gasteiger partial charge in [-0.15, -0.1) is 5.10 Å². The van der Waals surface area contributed by atoms with Crippen LogP contribution in [0.3, 0.4) is 0 Å². The Morgan fingerprint density at radius 1 is 1.12 bits per heavy atom. The number of pyridine rings is 1. The number of nitrogens with zero attached hydrogens (tertiary/aromatic N) is 4. The predicted octanol–water partition coefficient (Wildman–Crippen LogP) is 4.42. The van der Waals surface area contributed by atoms with Crippen LogP contribution in [0.15, 0.2) is 36.5 Å².